The molecule has 0 aromatic carbocycles. The zero-order chi connectivity index (χ0) is 22.1. The maximum atomic E-state index is 6.94. The van der Waals surface area contributed by atoms with E-state index in [9.17, 15) is 0 Å². The molecular weight excluding hydrogens is 543 g/mol. The van der Waals surface area contributed by atoms with E-state index in [0.717, 1.165) is 11.8 Å². The van der Waals surface area contributed by atoms with Crippen LogP contribution in [0.2, 0.25) is 0 Å². The number of nitrogens with one attached hydrogen (secondary N) is 2. The fourth-order valence-corrected chi connectivity index (χ4v) is 3.58. The Morgan fingerprint density at radius 3 is 0.935 bits per heavy atom. The molecule has 0 atom stereocenters. The summed E-state index contributed by atoms with van der Waals surface area (Å²) in [6, 6.07) is 0. The van der Waals surface area contributed by atoms with Gasteiger partial charge < -0.3 is 26.3 Å². The largest absolute Gasteiger partial charge is 4.00 e. The predicted molar refractivity (Wildman–Crippen MR) is 144 cm³/mol. The van der Waals surface area contributed by atoms with E-state index in [4.69, 9.17) is 11.5 Å². The van der Waals surface area contributed by atoms with E-state index >= 15 is 0 Å². The van der Waals surface area contributed by atoms with Gasteiger partial charge in [0.1, 0.15) is 0 Å². The summed E-state index contributed by atoms with van der Waals surface area (Å²) < 4.78 is 0. The molecule has 0 amide bonds. The van der Waals surface area contributed by atoms with Crippen molar-refractivity contribution in [3.63, 3.8) is 0 Å². The second kappa shape index (κ2) is 25.4. The molecule has 2 saturated carbocycles. The van der Waals surface area contributed by atoms with Crippen molar-refractivity contribution < 1.29 is 25.8 Å². The van der Waals surface area contributed by atoms with E-state index in [-0.39, 0.29) is 51.8 Å². The van der Waals surface area contributed by atoms with Crippen LogP contribution in [0.3, 0.4) is 0 Å². The number of rotatable bonds is 6. The van der Waals surface area contributed by atoms with Gasteiger partial charge in [-0.05, 0) is 11.8 Å². The van der Waals surface area contributed by atoms with Crippen LogP contribution in [0, 0.1) is 26.7 Å². The van der Waals surface area contributed by atoms with Crippen molar-refractivity contribution in [2.45, 2.75) is 156 Å². The third kappa shape index (κ3) is 49.1. The molecule has 0 spiro atoms. The average Bonchev–Trinajstić information content (AvgIpc) is 3.22. The van der Waals surface area contributed by atoms with Gasteiger partial charge in [-0.1, -0.05) is 145 Å². The molecule has 2 aliphatic carbocycles. The van der Waals surface area contributed by atoms with Crippen molar-refractivity contribution in [3.8, 4) is 0 Å². The standard InChI is InChI=1S/2C9H18.2C4H10N.2CH3.Hf/c2*1-2-3-6-9-7-4-5-8-9;2*1-4(2,3)5;;;/h2*9H,2-8H2,1H3;2*5H,1-3H3;2*1H3;/q;;4*-1;+4. The van der Waals surface area contributed by atoms with Gasteiger partial charge in [0.2, 0.25) is 0 Å². The molecule has 3 heteroatoms. The number of hydrogen-bond acceptors (Lipinski definition) is 0. The summed E-state index contributed by atoms with van der Waals surface area (Å²) in [6.07, 6.45) is 20.9. The van der Waals surface area contributed by atoms with Crippen LogP contribution < -0.4 is 0 Å². The monoisotopic (exact) mass is 606 g/mol. The second-order valence-electron chi connectivity index (χ2n) is 11.1. The van der Waals surface area contributed by atoms with Gasteiger partial charge in [-0.15, -0.1) is 11.1 Å². The van der Waals surface area contributed by atoms with Crippen LogP contribution in [0.1, 0.15) is 145 Å². The molecule has 0 aliphatic heterocycles. The van der Waals surface area contributed by atoms with Crippen LogP contribution in [0.25, 0.3) is 11.5 Å². The van der Waals surface area contributed by atoms with Gasteiger partial charge in [0.05, 0.1) is 0 Å². The van der Waals surface area contributed by atoms with E-state index in [1.807, 2.05) is 41.5 Å². The van der Waals surface area contributed by atoms with Crippen molar-refractivity contribution in [2.24, 2.45) is 11.8 Å². The van der Waals surface area contributed by atoms with Crippen molar-refractivity contribution in [3.05, 3.63) is 26.3 Å². The van der Waals surface area contributed by atoms with Crippen LogP contribution in [0.15, 0.2) is 0 Å². The average molecular weight is 605 g/mol. The van der Waals surface area contributed by atoms with Crippen LogP contribution in [-0.2, 0) is 25.8 Å². The maximum Gasteiger partial charge on any atom is 4.00 e. The van der Waals surface area contributed by atoms with Gasteiger partial charge in [0.15, 0.2) is 0 Å². The third-order valence-electron chi connectivity index (χ3n) is 4.88. The Morgan fingerprint density at radius 1 is 0.581 bits per heavy atom. The van der Waals surface area contributed by atoms with Gasteiger partial charge in [0.25, 0.3) is 0 Å². The van der Waals surface area contributed by atoms with Crippen molar-refractivity contribution >= 4 is 0 Å². The summed E-state index contributed by atoms with van der Waals surface area (Å²) in [4.78, 5) is 0. The fraction of sp³-hybridized carbons (Fsp3) is 0.929. The molecule has 0 aromatic heterocycles. The van der Waals surface area contributed by atoms with Crippen LogP contribution >= 0.6 is 0 Å². The van der Waals surface area contributed by atoms with E-state index in [1.165, 1.54) is 89.9 Å². The first kappa shape index (κ1) is 42.0. The van der Waals surface area contributed by atoms with Crippen LogP contribution in [-0.4, -0.2) is 11.1 Å². The van der Waals surface area contributed by atoms with E-state index < -0.39 is 0 Å². The fourth-order valence-electron chi connectivity index (χ4n) is 3.58. The Bertz CT molecular complexity index is 262. The van der Waals surface area contributed by atoms with E-state index in [0.29, 0.717) is 0 Å². The first-order valence-electron chi connectivity index (χ1n) is 12.4. The molecule has 2 nitrogen and oxygen atoms in total. The van der Waals surface area contributed by atoms with Gasteiger partial charge in [-0.3, -0.25) is 0 Å². The molecule has 2 N–H and O–H groups in total. The smallest absolute Gasteiger partial charge is 0.673 e. The zero-order valence-corrected chi connectivity index (χ0v) is 27.1. The van der Waals surface area contributed by atoms with Crippen molar-refractivity contribution in [2.75, 3.05) is 0 Å². The Kier molecular flexibility index (Phi) is 34.4. The predicted octanol–water partition coefficient (Wildman–Crippen LogP) is 11.3. The molecular formula is C28H62HfN2. The molecule has 188 valence electrons. The van der Waals surface area contributed by atoms with E-state index in [1.54, 1.807) is 0 Å². The van der Waals surface area contributed by atoms with Gasteiger partial charge in [-0.2, -0.15) is 0 Å². The van der Waals surface area contributed by atoms with Gasteiger partial charge >= 0.3 is 25.8 Å². The minimum atomic E-state index is -0.250. The van der Waals surface area contributed by atoms with E-state index in [2.05, 4.69) is 13.8 Å². The molecule has 0 aromatic rings. The molecule has 0 bridgehead atoms. The molecule has 0 radical (unpaired) electrons. The zero-order valence-electron chi connectivity index (χ0n) is 23.6. The summed E-state index contributed by atoms with van der Waals surface area (Å²) in [5.41, 5.74) is 13.4. The first-order valence-corrected chi connectivity index (χ1v) is 12.4. The van der Waals surface area contributed by atoms with Crippen molar-refractivity contribution in [1.82, 2.24) is 0 Å². The maximum absolute atomic E-state index is 6.94. The quantitative estimate of drug-likeness (QED) is 0.214. The molecule has 31 heavy (non-hydrogen) atoms. The summed E-state index contributed by atoms with van der Waals surface area (Å²) in [6.45, 7) is 15.7. The minimum absolute atomic E-state index is 0. The van der Waals surface area contributed by atoms with Gasteiger partial charge in [-0.25, -0.2) is 0 Å². The Balaban J connectivity index is -0.0000000976. The molecule has 0 saturated heterocycles. The van der Waals surface area contributed by atoms with Gasteiger partial charge in [0, 0.05) is 0 Å². The molecule has 2 rings (SSSR count). The number of unbranched alkanes of at least 4 members (excludes halogenated alkanes) is 2. The number of hydrogen-bond donors (Lipinski definition) is 0. The van der Waals surface area contributed by atoms with Crippen molar-refractivity contribution in [1.29, 1.82) is 0 Å². The third-order valence-corrected chi connectivity index (χ3v) is 4.88. The SMILES string of the molecule is CC(C)(C)[NH-].CC(C)(C)[NH-].CCCCC1CCCC1.CCCCC1CCCC1.[CH3-].[CH3-].[Hf+4]. The second-order valence-corrected chi connectivity index (χ2v) is 11.1. The van der Waals surface area contributed by atoms with Crippen LogP contribution in [0.4, 0.5) is 0 Å². The minimum Gasteiger partial charge on any atom is -0.673 e. The molecule has 2 aliphatic rings. The molecule has 2 fully saturated rings. The Labute approximate surface area is 219 Å². The summed E-state index contributed by atoms with van der Waals surface area (Å²) in [5, 5.41) is 0. The normalized spacial score (nSPS) is 16.1. The summed E-state index contributed by atoms with van der Waals surface area (Å²) in [7, 11) is 0. The molecule has 0 heterocycles. The molecule has 0 unspecified atom stereocenters. The Morgan fingerprint density at radius 2 is 0.774 bits per heavy atom. The first-order chi connectivity index (χ1) is 12.9. The topological polar surface area (TPSA) is 47.6 Å². The van der Waals surface area contributed by atoms with Crippen LogP contribution in [0.5, 0.6) is 0 Å². The summed E-state index contributed by atoms with van der Waals surface area (Å²) >= 11 is 0. The summed E-state index contributed by atoms with van der Waals surface area (Å²) in [5.74, 6) is 2.23. The Hall–Kier alpha value is 0.790.